The molecule has 0 saturated heterocycles. The van der Waals surface area contributed by atoms with E-state index in [1.165, 1.54) is 16.0 Å². The zero-order chi connectivity index (χ0) is 13.7. The molecule has 0 radical (unpaired) electrons. The summed E-state index contributed by atoms with van der Waals surface area (Å²) in [6.45, 7) is 4.10. The maximum atomic E-state index is 3.58. The third-order valence-electron chi connectivity index (χ3n) is 3.40. The summed E-state index contributed by atoms with van der Waals surface area (Å²) in [6.07, 6.45) is 0. The third kappa shape index (κ3) is 3.90. The Bertz CT molecular complexity index is 490. The molecule has 0 aliphatic carbocycles. The van der Waals surface area contributed by atoms with Crippen molar-refractivity contribution >= 4 is 11.3 Å². The first-order chi connectivity index (χ1) is 9.18. The van der Waals surface area contributed by atoms with Crippen molar-refractivity contribution in [3.8, 4) is 0 Å². The van der Waals surface area contributed by atoms with E-state index in [-0.39, 0.29) is 0 Å². The quantitative estimate of drug-likeness (QED) is 0.868. The number of thiophene rings is 1. The van der Waals surface area contributed by atoms with Crippen LogP contribution < -0.4 is 5.32 Å². The predicted molar refractivity (Wildman–Crippen MR) is 83.6 cm³/mol. The van der Waals surface area contributed by atoms with E-state index in [2.05, 4.69) is 73.0 Å². The van der Waals surface area contributed by atoms with Crippen LogP contribution >= 0.6 is 11.3 Å². The van der Waals surface area contributed by atoms with Gasteiger partial charge in [0.15, 0.2) is 0 Å². The lowest BCUT2D eigenvalue weighted by Gasteiger charge is -2.25. The number of nitrogens with one attached hydrogen (secondary N) is 1. The van der Waals surface area contributed by atoms with Gasteiger partial charge in [-0.1, -0.05) is 30.3 Å². The van der Waals surface area contributed by atoms with Gasteiger partial charge in [-0.25, -0.2) is 0 Å². The lowest BCUT2D eigenvalue weighted by molar-refractivity contribution is 0.288. The number of hydrogen-bond donors (Lipinski definition) is 1. The first-order valence-electron chi connectivity index (χ1n) is 6.63. The van der Waals surface area contributed by atoms with Gasteiger partial charge >= 0.3 is 0 Å². The van der Waals surface area contributed by atoms with E-state index < -0.39 is 0 Å². The van der Waals surface area contributed by atoms with E-state index >= 15 is 0 Å². The average molecular weight is 274 g/mol. The molecule has 0 bridgehead atoms. The topological polar surface area (TPSA) is 15.3 Å². The monoisotopic (exact) mass is 274 g/mol. The van der Waals surface area contributed by atoms with Crippen LogP contribution in [0.3, 0.4) is 0 Å². The van der Waals surface area contributed by atoms with Crippen molar-refractivity contribution in [1.29, 1.82) is 0 Å². The first-order valence-corrected chi connectivity index (χ1v) is 7.51. The van der Waals surface area contributed by atoms with E-state index in [9.17, 15) is 0 Å². The van der Waals surface area contributed by atoms with E-state index in [1.54, 1.807) is 0 Å². The lowest BCUT2D eigenvalue weighted by Crippen LogP contribution is -2.30. The van der Waals surface area contributed by atoms with Crippen molar-refractivity contribution in [3.05, 3.63) is 57.8 Å². The van der Waals surface area contributed by atoms with E-state index in [1.807, 2.05) is 11.3 Å². The molecule has 1 aromatic heterocycles. The average Bonchev–Trinajstić information content (AvgIpc) is 2.81. The molecule has 1 aromatic carbocycles. The minimum absolute atomic E-state index is 0.418. The van der Waals surface area contributed by atoms with Gasteiger partial charge in [-0.15, -0.1) is 11.3 Å². The molecule has 1 unspecified atom stereocenters. The van der Waals surface area contributed by atoms with Gasteiger partial charge in [-0.05, 0) is 43.6 Å². The van der Waals surface area contributed by atoms with Crippen LogP contribution in [0.4, 0.5) is 0 Å². The summed E-state index contributed by atoms with van der Waals surface area (Å²) in [5, 5.41) is 5.74. The highest BCUT2D eigenvalue weighted by atomic mass is 32.1. The highest BCUT2D eigenvalue weighted by Crippen LogP contribution is 2.18. The molecule has 2 rings (SSSR count). The zero-order valence-electron chi connectivity index (χ0n) is 11.9. The molecule has 3 heteroatoms. The zero-order valence-corrected chi connectivity index (χ0v) is 12.7. The van der Waals surface area contributed by atoms with Gasteiger partial charge in [0.2, 0.25) is 0 Å². The molecule has 1 heterocycles. The van der Waals surface area contributed by atoms with Crippen LogP contribution in [0.1, 0.15) is 22.0 Å². The Morgan fingerprint density at radius 3 is 2.47 bits per heavy atom. The number of nitrogens with zero attached hydrogens (tertiary/aromatic N) is 1. The standard InChI is InChI=1S/C16H22N2S/c1-13-9-10-19-16(13)12-17-11-15(18(2)3)14-7-5-4-6-8-14/h4-10,15,17H,11-12H2,1-3H3. The van der Waals surface area contributed by atoms with Gasteiger partial charge in [0.05, 0.1) is 0 Å². The van der Waals surface area contributed by atoms with Crippen LogP contribution in [-0.4, -0.2) is 25.5 Å². The SMILES string of the molecule is Cc1ccsc1CNCC(c1ccccc1)N(C)C. The summed E-state index contributed by atoms with van der Waals surface area (Å²) >= 11 is 1.83. The number of likely N-dealkylation sites (N-methyl/N-ethyl adjacent to an activating group) is 1. The lowest BCUT2D eigenvalue weighted by atomic mass is 10.1. The molecule has 1 N–H and O–H groups in total. The van der Waals surface area contributed by atoms with Gasteiger partial charge in [0.25, 0.3) is 0 Å². The minimum Gasteiger partial charge on any atom is -0.310 e. The Labute approximate surface area is 120 Å². The van der Waals surface area contributed by atoms with Crippen molar-refractivity contribution in [1.82, 2.24) is 10.2 Å². The Hall–Kier alpha value is -1.16. The number of benzene rings is 1. The molecule has 19 heavy (non-hydrogen) atoms. The Kier molecular flexibility index (Phi) is 5.14. The Morgan fingerprint density at radius 2 is 1.89 bits per heavy atom. The molecule has 102 valence electrons. The summed E-state index contributed by atoms with van der Waals surface area (Å²) in [6, 6.07) is 13.3. The second kappa shape index (κ2) is 6.85. The molecular weight excluding hydrogens is 252 g/mol. The smallest absolute Gasteiger partial charge is 0.0466 e. The van der Waals surface area contributed by atoms with Crippen molar-refractivity contribution in [3.63, 3.8) is 0 Å². The minimum atomic E-state index is 0.418. The van der Waals surface area contributed by atoms with Crippen LogP contribution in [0.15, 0.2) is 41.8 Å². The second-order valence-corrected chi connectivity index (χ2v) is 6.05. The van der Waals surface area contributed by atoms with Gasteiger partial charge in [0, 0.05) is 24.0 Å². The molecule has 2 nitrogen and oxygen atoms in total. The van der Waals surface area contributed by atoms with Crippen LogP contribution in [0.25, 0.3) is 0 Å². The van der Waals surface area contributed by atoms with Gasteiger partial charge in [-0.2, -0.15) is 0 Å². The fourth-order valence-electron chi connectivity index (χ4n) is 2.18. The van der Waals surface area contributed by atoms with Crippen molar-refractivity contribution in [2.75, 3.05) is 20.6 Å². The molecule has 1 atom stereocenters. The highest BCUT2D eigenvalue weighted by Gasteiger charge is 2.13. The van der Waals surface area contributed by atoms with Gasteiger partial charge in [-0.3, -0.25) is 0 Å². The van der Waals surface area contributed by atoms with Crippen molar-refractivity contribution < 1.29 is 0 Å². The molecule has 0 aliphatic heterocycles. The highest BCUT2D eigenvalue weighted by molar-refractivity contribution is 7.10. The van der Waals surface area contributed by atoms with Crippen molar-refractivity contribution in [2.45, 2.75) is 19.5 Å². The van der Waals surface area contributed by atoms with Crippen LogP contribution in [0.2, 0.25) is 0 Å². The maximum absolute atomic E-state index is 3.58. The largest absolute Gasteiger partial charge is 0.310 e. The number of aryl methyl sites for hydroxylation is 1. The summed E-state index contributed by atoms with van der Waals surface area (Å²) in [7, 11) is 4.27. The fraction of sp³-hybridized carbons (Fsp3) is 0.375. The number of rotatable bonds is 6. The van der Waals surface area contributed by atoms with Crippen LogP contribution in [0, 0.1) is 6.92 Å². The predicted octanol–water partition coefficient (Wildman–Crippen LogP) is 3.45. The maximum Gasteiger partial charge on any atom is 0.0466 e. The summed E-state index contributed by atoms with van der Waals surface area (Å²) in [5.74, 6) is 0. The fourth-order valence-corrected chi connectivity index (χ4v) is 3.06. The summed E-state index contributed by atoms with van der Waals surface area (Å²) < 4.78 is 0. The van der Waals surface area contributed by atoms with E-state index in [0.717, 1.165) is 13.1 Å². The summed E-state index contributed by atoms with van der Waals surface area (Å²) in [5.41, 5.74) is 2.75. The Balaban J connectivity index is 1.93. The van der Waals surface area contributed by atoms with Gasteiger partial charge in [0.1, 0.15) is 0 Å². The molecule has 0 aliphatic rings. The third-order valence-corrected chi connectivity index (χ3v) is 4.42. The molecular formula is C16H22N2S. The molecule has 0 fully saturated rings. The molecule has 0 amide bonds. The van der Waals surface area contributed by atoms with Crippen LogP contribution in [-0.2, 0) is 6.54 Å². The second-order valence-electron chi connectivity index (χ2n) is 5.05. The molecule has 0 spiro atoms. The van der Waals surface area contributed by atoms with E-state index in [0.29, 0.717) is 6.04 Å². The molecule has 0 saturated carbocycles. The van der Waals surface area contributed by atoms with E-state index in [4.69, 9.17) is 0 Å². The van der Waals surface area contributed by atoms with Gasteiger partial charge < -0.3 is 10.2 Å². The van der Waals surface area contributed by atoms with Crippen LogP contribution in [0.5, 0.6) is 0 Å². The Morgan fingerprint density at radius 1 is 1.16 bits per heavy atom. The normalized spacial score (nSPS) is 12.8. The number of hydrogen-bond acceptors (Lipinski definition) is 3. The van der Waals surface area contributed by atoms with Crippen molar-refractivity contribution in [2.24, 2.45) is 0 Å². The first kappa shape index (κ1) is 14.3. The molecule has 2 aromatic rings. The summed E-state index contributed by atoms with van der Waals surface area (Å²) in [4.78, 5) is 3.70.